The van der Waals surface area contributed by atoms with E-state index in [1.807, 2.05) is 0 Å². The van der Waals surface area contributed by atoms with Gasteiger partial charge in [-0.05, 0) is 31.2 Å². The van der Waals surface area contributed by atoms with Crippen LogP contribution in [-0.4, -0.2) is 32.2 Å². The van der Waals surface area contributed by atoms with Gasteiger partial charge in [0.05, 0.1) is 4.90 Å². The smallest absolute Gasteiger partial charge is 0.253 e. The Morgan fingerprint density at radius 1 is 0.871 bits per heavy atom. The van der Waals surface area contributed by atoms with Gasteiger partial charge in [-0.2, -0.15) is 0 Å². The zero-order valence-electron chi connectivity index (χ0n) is 16.0. The molecule has 1 heterocycles. The zero-order valence-corrected chi connectivity index (χ0v) is 17.6. The minimum atomic E-state index is -4.37. The van der Waals surface area contributed by atoms with Crippen LogP contribution in [0.1, 0.15) is 6.92 Å². The number of nitrogens with zero attached hydrogens (tertiary/aromatic N) is 2. The minimum Gasteiger partial charge on any atom is -0.353 e. The molecule has 0 radical (unpaired) electrons. The number of benzene rings is 2. The second-order valence-corrected chi connectivity index (χ2v) is 10.2. The number of halogens is 2. The molecule has 0 aliphatic rings. The van der Waals surface area contributed by atoms with Crippen molar-refractivity contribution < 1.29 is 25.6 Å². The summed E-state index contributed by atoms with van der Waals surface area (Å²) >= 11 is 0. The maximum Gasteiger partial charge on any atom is 0.253 e. The lowest BCUT2D eigenvalue weighted by Gasteiger charge is -2.16. The molecule has 1 atom stereocenters. The van der Waals surface area contributed by atoms with Crippen molar-refractivity contribution in [1.82, 2.24) is 14.1 Å². The molecule has 0 aliphatic carbocycles. The van der Waals surface area contributed by atoms with Crippen LogP contribution in [0.25, 0.3) is 0 Å². The zero-order chi connectivity index (χ0) is 22.6. The van der Waals surface area contributed by atoms with E-state index in [9.17, 15) is 25.6 Å². The van der Waals surface area contributed by atoms with Crippen LogP contribution in [0.2, 0.25) is 0 Å². The van der Waals surface area contributed by atoms with Gasteiger partial charge in [-0.3, -0.25) is 0 Å². The van der Waals surface area contributed by atoms with Gasteiger partial charge in [-0.25, -0.2) is 35.6 Å². The molecule has 164 valence electrons. The van der Waals surface area contributed by atoms with Gasteiger partial charge in [0.1, 0.15) is 23.3 Å². The highest BCUT2D eigenvalue weighted by molar-refractivity contribution is 8.05. The third-order valence-electron chi connectivity index (χ3n) is 3.96. The predicted molar refractivity (Wildman–Crippen MR) is 110 cm³/mol. The molecule has 2 aromatic carbocycles. The van der Waals surface area contributed by atoms with E-state index in [1.165, 1.54) is 43.3 Å². The highest BCUT2D eigenvalue weighted by Crippen LogP contribution is 2.19. The largest absolute Gasteiger partial charge is 0.353 e. The summed E-state index contributed by atoms with van der Waals surface area (Å²) in [5.41, 5.74) is 0.208. The van der Waals surface area contributed by atoms with Crippen molar-refractivity contribution >= 4 is 37.4 Å². The van der Waals surface area contributed by atoms with Crippen molar-refractivity contribution in [1.29, 1.82) is 0 Å². The molecule has 0 saturated carbocycles. The molecule has 3 rings (SSSR count). The maximum absolute atomic E-state index is 13.3. The third-order valence-corrected chi connectivity index (χ3v) is 7.70. The summed E-state index contributed by atoms with van der Waals surface area (Å²) in [7, 11) is -8.67. The Labute approximate surface area is 177 Å². The third kappa shape index (κ3) is 5.71. The normalized spacial score (nSPS) is 12.9. The molecular weight excluding hydrogens is 452 g/mol. The first-order valence-corrected chi connectivity index (χ1v) is 11.7. The van der Waals surface area contributed by atoms with Crippen LogP contribution in [-0.2, 0) is 20.0 Å². The van der Waals surface area contributed by atoms with E-state index >= 15 is 0 Å². The molecule has 9 nitrogen and oxygen atoms in total. The van der Waals surface area contributed by atoms with Crippen molar-refractivity contribution in [3.8, 4) is 0 Å². The lowest BCUT2D eigenvalue weighted by atomic mass is 10.3. The lowest BCUT2D eigenvalue weighted by Crippen LogP contribution is -2.40. The number of hydrogen-bond donors (Lipinski definition) is 3. The van der Waals surface area contributed by atoms with E-state index in [1.54, 1.807) is 10.2 Å². The molecule has 0 amide bonds. The molecule has 0 fully saturated rings. The number of hydrogen-bond acceptors (Lipinski definition) is 8. The summed E-state index contributed by atoms with van der Waals surface area (Å²) in [6.45, 7) is 1.23. The Hall–Kier alpha value is -3.16. The molecule has 31 heavy (non-hydrogen) atoms. The summed E-state index contributed by atoms with van der Waals surface area (Å²) in [6.07, 6.45) is 1.11. The fraction of sp³-hybridized carbons (Fsp3) is 0.111. The minimum absolute atomic E-state index is 0.0510. The maximum atomic E-state index is 13.3. The fourth-order valence-electron chi connectivity index (χ4n) is 2.39. The van der Waals surface area contributed by atoms with Crippen LogP contribution in [0.5, 0.6) is 0 Å². The van der Waals surface area contributed by atoms with Gasteiger partial charge in [-0.15, -0.1) is 4.13 Å². The number of sulfonamides is 2. The van der Waals surface area contributed by atoms with E-state index < -0.39 is 37.1 Å². The second-order valence-electron chi connectivity index (χ2n) is 6.27. The van der Waals surface area contributed by atoms with Gasteiger partial charge >= 0.3 is 0 Å². The SMILES string of the molecule is CC(Nc1cc(Nc2ccc(F)c(F)c2)ncn1)S(=O)(=O)NS(=O)(=O)c1ccccc1. The Kier molecular flexibility index (Phi) is 6.48. The van der Waals surface area contributed by atoms with E-state index in [0.717, 1.165) is 18.5 Å². The first kappa shape index (κ1) is 22.5. The Balaban J connectivity index is 1.73. The molecule has 13 heteroatoms. The second kappa shape index (κ2) is 8.91. The van der Waals surface area contributed by atoms with Crippen molar-refractivity contribution in [3.63, 3.8) is 0 Å². The van der Waals surface area contributed by atoms with Gasteiger partial charge in [-0.1, -0.05) is 18.2 Å². The summed E-state index contributed by atoms with van der Waals surface area (Å²) in [6, 6.07) is 11.5. The van der Waals surface area contributed by atoms with Gasteiger partial charge in [0.25, 0.3) is 10.0 Å². The molecular formula is C18H17F2N5O4S2. The number of anilines is 3. The average molecular weight is 469 g/mol. The van der Waals surface area contributed by atoms with E-state index in [0.29, 0.717) is 0 Å². The molecule has 1 aromatic heterocycles. The topological polar surface area (TPSA) is 130 Å². The van der Waals surface area contributed by atoms with Crippen LogP contribution in [0.3, 0.4) is 0 Å². The van der Waals surface area contributed by atoms with Gasteiger partial charge in [0.15, 0.2) is 11.6 Å². The van der Waals surface area contributed by atoms with Gasteiger partial charge in [0, 0.05) is 17.8 Å². The van der Waals surface area contributed by atoms with Crippen molar-refractivity contribution in [2.45, 2.75) is 17.2 Å². The first-order chi connectivity index (χ1) is 14.6. The van der Waals surface area contributed by atoms with Crippen molar-refractivity contribution in [2.75, 3.05) is 10.6 Å². The highest BCUT2D eigenvalue weighted by atomic mass is 32.3. The summed E-state index contributed by atoms with van der Waals surface area (Å²) in [5, 5.41) is 3.90. The van der Waals surface area contributed by atoms with Crippen LogP contribution in [0.4, 0.5) is 26.1 Å². The van der Waals surface area contributed by atoms with Crippen molar-refractivity contribution in [3.05, 3.63) is 72.6 Å². The number of rotatable bonds is 8. The predicted octanol–water partition coefficient (Wildman–Crippen LogP) is 2.56. The Morgan fingerprint density at radius 2 is 1.55 bits per heavy atom. The summed E-state index contributed by atoms with van der Waals surface area (Å²) in [5.74, 6) is -1.84. The average Bonchev–Trinajstić information content (AvgIpc) is 2.71. The van der Waals surface area contributed by atoms with E-state index in [-0.39, 0.29) is 22.2 Å². The molecule has 0 aliphatic heterocycles. The molecule has 0 spiro atoms. The summed E-state index contributed by atoms with van der Waals surface area (Å²) < 4.78 is 77.6. The molecule has 3 aromatic rings. The monoisotopic (exact) mass is 469 g/mol. The lowest BCUT2D eigenvalue weighted by molar-refractivity contribution is 0.509. The fourth-order valence-corrected chi connectivity index (χ4v) is 5.36. The molecule has 3 N–H and O–H groups in total. The van der Waals surface area contributed by atoms with Crippen LogP contribution < -0.4 is 14.8 Å². The van der Waals surface area contributed by atoms with Gasteiger partial charge in [0.2, 0.25) is 10.0 Å². The van der Waals surface area contributed by atoms with Crippen LogP contribution in [0.15, 0.2) is 65.8 Å². The quantitative estimate of drug-likeness (QED) is 0.459. The molecule has 1 unspecified atom stereocenters. The highest BCUT2D eigenvalue weighted by Gasteiger charge is 2.28. The van der Waals surface area contributed by atoms with Crippen LogP contribution in [0, 0.1) is 11.6 Å². The molecule has 0 saturated heterocycles. The Bertz CT molecular complexity index is 1290. The first-order valence-electron chi connectivity index (χ1n) is 8.70. The van der Waals surface area contributed by atoms with E-state index in [4.69, 9.17) is 0 Å². The summed E-state index contributed by atoms with van der Waals surface area (Å²) in [4.78, 5) is 7.60. The van der Waals surface area contributed by atoms with E-state index in [2.05, 4.69) is 20.6 Å². The van der Waals surface area contributed by atoms with Gasteiger partial charge < -0.3 is 10.6 Å². The number of nitrogens with one attached hydrogen (secondary N) is 3. The number of aromatic nitrogens is 2. The molecule has 0 bridgehead atoms. The standard InChI is InChI=1S/C18H17F2N5O4S2/c1-12(30(26,27)25-31(28,29)14-5-3-2-4-6-14)23-17-10-18(22-11-21-17)24-13-7-8-15(19)16(20)9-13/h2-12,25H,1H3,(H2,21,22,23,24). The van der Waals surface area contributed by atoms with Crippen molar-refractivity contribution in [2.24, 2.45) is 0 Å². The Morgan fingerprint density at radius 3 is 2.23 bits per heavy atom. The van der Waals surface area contributed by atoms with Crippen LogP contribution >= 0.6 is 0 Å².